The van der Waals surface area contributed by atoms with Gasteiger partial charge in [-0.1, -0.05) is 29.9 Å². The van der Waals surface area contributed by atoms with Gasteiger partial charge in [0.2, 0.25) is 0 Å². The van der Waals surface area contributed by atoms with Crippen molar-refractivity contribution in [3.05, 3.63) is 28.8 Å². The molecule has 0 amide bonds. The Morgan fingerprint density at radius 3 is 2.78 bits per heavy atom. The van der Waals surface area contributed by atoms with E-state index in [1.807, 2.05) is 0 Å². The number of benzene rings is 1. The van der Waals surface area contributed by atoms with Gasteiger partial charge < -0.3 is 15.2 Å². The Hall–Kier alpha value is -1.33. The van der Waals surface area contributed by atoms with Crippen molar-refractivity contribution < 1.29 is 14.3 Å². The lowest BCUT2D eigenvalue weighted by molar-refractivity contribution is -0.150. The predicted octanol–water partition coefficient (Wildman–Crippen LogP) is 2.30. The number of hydrogen-bond acceptors (Lipinski definition) is 4. The smallest absolute Gasteiger partial charge is 0.347 e. The van der Waals surface area contributed by atoms with Gasteiger partial charge in [0.15, 0.2) is 6.10 Å². The van der Waals surface area contributed by atoms with E-state index < -0.39 is 12.1 Å². The summed E-state index contributed by atoms with van der Waals surface area (Å²) in [5, 5.41) is 0.385. The molecule has 0 aliphatic carbocycles. The number of nitrogens with two attached hydrogens (primary N) is 1. The third-order valence-electron chi connectivity index (χ3n) is 2.14. The van der Waals surface area contributed by atoms with Crippen LogP contribution in [0.1, 0.15) is 19.4 Å². The van der Waals surface area contributed by atoms with Crippen molar-refractivity contribution in [2.24, 2.45) is 5.73 Å². The van der Waals surface area contributed by atoms with E-state index in [4.69, 9.17) is 39.0 Å². The fraction of sp³-hybridized carbons (Fsp3) is 0.333. The summed E-state index contributed by atoms with van der Waals surface area (Å²) in [4.78, 5) is 11.6. The molecule has 18 heavy (non-hydrogen) atoms. The zero-order valence-electron chi connectivity index (χ0n) is 10.1. The van der Waals surface area contributed by atoms with Gasteiger partial charge in [0.05, 0.1) is 17.2 Å². The van der Waals surface area contributed by atoms with E-state index in [0.29, 0.717) is 22.9 Å². The molecule has 0 saturated heterocycles. The van der Waals surface area contributed by atoms with Crippen molar-refractivity contribution in [1.82, 2.24) is 0 Å². The second-order valence-electron chi connectivity index (χ2n) is 3.49. The molecule has 0 aliphatic rings. The molecule has 0 aromatic heterocycles. The maximum Gasteiger partial charge on any atom is 0.347 e. The van der Waals surface area contributed by atoms with Gasteiger partial charge in [-0.05, 0) is 26.0 Å². The van der Waals surface area contributed by atoms with E-state index in [9.17, 15) is 4.79 Å². The molecule has 0 aliphatic heterocycles. The van der Waals surface area contributed by atoms with Gasteiger partial charge >= 0.3 is 5.97 Å². The predicted molar refractivity (Wildman–Crippen MR) is 74.1 cm³/mol. The highest BCUT2D eigenvalue weighted by Gasteiger charge is 2.19. The minimum absolute atomic E-state index is 0.117. The van der Waals surface area contributed by atoms with Gasteiger partial charge in [-0.2, -0.15) is 0 Å². The number of esters is 1. The summed E-state index contributed by atoms with van der Waals surface area (Å²) < 4.78 is 10.3. The minimum Gasteiger partial charge on any atom is -0.478 e. The van der Waals surface area contributed by atoms with Crippen LogP contribution in [-0.4, -0.2) is 23.7 Å². The monoisotopic (exact) mass is 287 g/mol. The first-order valence-corrected chi connectivity index (χ1v) is 6.17. The Labute approximate surface area is 116 Å². The summed E-state index contributed by atoms with van der Waals surface area (Å²) >= 11 is 10.9. The number of hydrogen-bond donors (Lipinski definition) is 1. The molecule has 4 nitrogen and oxygen atoms in total. The summed E-state index contributed by atoms with van der Waals surface area (Å²) in [6, 6.07) is 4.99. The topological polar surface area (TPSA) is 61.5 Å². The van der Waals surface area contributed by atoms with E-state index in [2.05, 4.69) is 0 Å². The maximum absolute atomic E-state index is 11.5. The Morgan fingerprint density at radius 1 is 1.56 bits per heavy atom. The average molecular weight is 288 g/mol. The van der Waals surface area contributed by atoms with Gasteiger partial charge in [-0.25, -0.2) is 4.79 Å². The standard InChI is InChI=1S/C12H14ClNO3S/c1-3-16-12(15)7(2)17-9-6-4-5-8(13)10(9)11(14)18/h4-7H,3H2,1-2H3,(H2,14,18). The zero-order chi connectivity index (χ0) is 13.7. The van der Waals surface area contributed by atoms with Gasteiger partial charge in [-0.3, -0.25) is 0 Å². The molecule has 2 N–H and O–H groups in total. The molecule has 1 aromatic carbocycles. The molecule has 0 heterocycles. The lowest BCUT2D eigenvalue weighted by atomic mass is 10.2. The zero-order valence-corrected chi connectivity index (χ0v) is 11.7. The van der Waals surface area contributed by atoms with Crippen LogP contribution in [0.15, 0.2) is 18.2 Å². The van der Waals surface area contributed by atoms with Crippen molar-refractivity contribution in [1.29, 1.82) is 0 Å². The van der Waals surface area contributed by atoms with E-state index in [0.717, 1.165) is 0 Å². The molecule has 1 rings (SSSR count). The van der Waals surface area contributed by atoms with E-state index in [1.54, 1.807) is 32.0 Å². The minimum atomic E-state index is -0.753. The third kappa shape index (κ3) is 3.58. The molecular weight excluding hydrogens is 274 g/mol. The van der Waals surface area contributed by atoms with E-state index in [-0.39, 0.29) is 4.99 Å². The molecule has 98 valence electrons. The lowest BCUT2D eigenvalue weighted by Crippen LogP contribution is -2.27. The number of halogens is 1. The lowest BCUT2D eigenvalue weighted by Gasteiger charge is -2.16. The number of carbonyl (C=O) groups is 1. The van der Waals surface area contributed by atoms with Crippen molar-refractivity contribution in [3.8, 4) is 5.75 Å². The van der Waals surface area contributed by atoms with Gasteiger partial charge in [0.1, 0.15) is 10.7 Å². The van der Waals surface area contributed by atoms with Crippen molar-refractivity contribution >= 4 is 34.8 Å². The highest BCUT2D eigenvalue weighted by atomic mass is 35.5. The largest absolute Gasteiger partial charge is 0.478 e. The average Bonchev–Trinajstić information content (AvgIpc) is 2.28. The van der Waals surface area contributed by atoms with E-state index >= 15 is 0 Å². The second-order valence-corrected chi connectivity index (χ2v) is 4.34. The van der Waals surface area contributed by atoms with Crippen LogP contribution in [-0.2, 0) is 9.53 Å². The Morgan fingerprint density at radius 2 is 2.22 bits per heavy atom. The fourth-order valence-corrected chi connectivity index (χ4v) is 1.87. The molecule has 1 unspecified atom stereocenters. The van der Waals surface area contributed by atoms with Gasteiger partial charge in [0, 0.05) is 0 Å². The molecule has 0 spiro atoms. The van der Waals surface area contributed by atoms with Crippen molar-refractivity contribution in [3.63, 3.8) is 0 Å². The van der Waals surface area contributed by atoms with E-state index in [1.165, 1.54) is 0 Å². The van der Waals surface area contributed by atoms with Crippen LogP contribution in [0.5, 0.6) is 5.75 Å². The number of ether oxygens (including phenoxy) is 2. The maximum atomic E-state index is 11.5. The van der Waals surface area contributed by atoms with Crippen molar-refractivity contribution in [2.45, 2.75) is 20.0 Å². The Bertz CT molecular complexity index is 465. The van der Waals surface area contributed by atoms with Gasteiger partial charge in [0.25, 0.3) is 0 Å². The quantitative estimate of drug-likeness (QED) is 0.665. The molecular formula is C12H14ClNO3S. The summed E-state index contributed by atoms with van der Waals surface area (Å²) in [7, 11) is 0. The first-order valence-electron chi connectivity index (χ1n) is 5.39. The molecule has 0 fully saturated rings. The van der Waals surface area contributed by atoms with Crippen LogP contribution in [0, 0.1) is 0 Å². The highest BCUT2D eigenvalue weighted by Crippen LogP contribution is 2.27. The molecule has 0 bridgehead atoms. The Kier molecular flexibility index (Phi) is 5.37. The first kappa shape index (κ1) is 14.7. The first-order chi connectivity index (χ1) is 8.47. The normalized spacial score (nSPS) is 11.7. The Balaban J connectivity index is 2.94. The van der Waals surface area contributed by atoms with Crippen LogP contribution in [0.4, 0.5) is 0 Å². The summed E-state index contributed by atoms with van der Waals surface area (Å²) in [5.74, 6) is -0.0816. The SMILES string of the molecule is CCOC(=O)C(C)Oc1cccc(Cl)c1C(N)=S. The highest BCUT2D eigenvalue weighted by molar-refractivity contribution is 7.80. The third-order valence-corrected chi connectivity index (χ3v) is 2.66. The van der Waals surface area contributed by atoms with Crippen LogP contribution in [0.25, 0.3) is 0 Å². The second kappa shape index (κ2) is 6.56. The number of thiocarbonyl (C=S) groups is 1. The molecule has 6 heteroatoms. The molecule has 1 aromatic rings. The van der Waals surface area contributed by atoms with Crippen molar-refractivity contribution in [2.75, 3.05) is 6.61 Å². The summed E-state index contributed by atoms with van der Waals surface area (Å²) in [6.45, 7) is 3.61. The molecule has 0 radical (unpaired) electrons. The molecule has 0 saturated carbocycles. The number of rotatable bonds is 5. The fourth-order valence-electron chi connectivity index (χ4n) is 1.34. The number of carbonyl (C=O) groups excluding carboxylic acids is 1. The van der Waals surface area contributed by atoms with Gasteiger partial charge in [-0.15, -0.1) is 0 Å². The molecule has 1 atom stereocenters. The van der Waals surface area contributed by atoms with Crippen LogP contribution in [0.3, 0.4) is 0 Å². The summed E-state index contributed by atoms with van der Waals surface area (Å²) in [6.07, 6.45) is -0.753. The van der Waals surface area contributed by atoms with Crippen LogP contribution < -0.4 is 10.5 Å². The van der Waals surface area contributed by atoms with Crippen LogP contribution in [0.2, 0.25) is 5.02 Å². The summed E-state index contributed by atoms with van der Waals surface area (Å²) in [5.41, 5.74) is 6.00. The van der Waals surface area contributed by atoms with Crippen LogP contribution >= 0.6 is 23.8 Å².